The van der Waals surface area contributed by atoms with Gasteiger partial charge in [0.1, 0.15) is 0 Å². The van der Waals surface area contributed by atoms with Crippen LogP contribution in [0.3, 0.4) is 0 Å². The monoisotopic (exact) mass is 315 g/mol. The number of nitrogens with zero attached hydrogens (tertiary/aromatic N) is 1. The van der Waals surface area contributed by atoms with Gasteiger partial charge >= 0.3 is 0 Å². The lowest BCUT2D eigenvalue weighted by molar-refractivity contribution is -0.115. The van der Waals surface area contributed by atoms with E-state index in [-0.39, 0.29) is 18.2 Å². The van der Waals surface area contributed by atoms with Gasteiger partial charge in [0.25, 0.3) is 5.91 Å². The maximum absolute atomic E-state index is 12.0. The van der Waals surface area contributed by atoms with Crippen molar-refractivity contribution >= 4 is 28.8 Å². The van der Waals surface area contributed by atoms with Gasteiger partial charge < -0.3 is 10.6 Å². The van der Waals surface area contributed by atoms with E-state index in [2.05, 4.69) is 15.6 Å². The third-order valence-corrected chi connectivity index (χ3v) is 4.15. The number of hydrogen-bond donors (Lipinski definition) is 2. The average Bonchev–Trinajstić information content (AvgIpc) is 3.20. The van der Waals surface area contributed by atoms with Crippen LogP contribution >= 0.6 is 11.3 Å². The van der Waals surface area contributed by atoms with Crippen molar-refractivity contribution in [2.24, 2.45) is 0 Å². The second kappa shape index (κ2) is 6.27. The van der Waals surface area contributed by atoms with Crippen LogP contribution in [0.2, 0.25) is 0 Å². The second-order valence-corrected chi connectivity index (χ2v) is 6.47. The number of rotatable bonds is 5. The summed E-state index contributed by atoms with van der Waals surface area (Å²) in [6.07, 6.45) is 2.34. The van der Waals surface area contributed by atoms with Gasteiger partial charge in [-0.3, -0.25) is 9.59 Å². The van der Waals surface area contributed by atoms with Gasteiger partial charge in [-0.15, -0.1) is 11.3 Å². The summed E-state index contributed by atoms with van der Waals surface area (Å²) in [5, 5.41) is 8.57. The van der Waals surface area contributed by atoms with E-state index in [1.165, 1.54) is 11.3 Å². The molecule has 1 aliphatic carbocycles. The number of hydrogen-bond acceptors (Lipinski definition) is 4. The fourth-order valence-corrected chi connectivity index (χ4v) is 2.71. The zero-order chi connectivity index (χ0) is 15.5. The topological polar surface area (TPSA) is 71.1 Å². The standard InChI is InChI=1S/C16H17N3O2S/c1-10-17-14(9-22-10)8-15(20)18-13-4-2-3-11(7-13)16(21)19-12-5-6-12/h2-4,7,9,12H,5-6,8H2,1H3,(H,18,20)(H,19,21). The van der Waals surface area contributed by atoms with Crippen molar-refractivity contribution < 1.29 is 9.59 Å². The van der Waals surface area contributed by atoms with Gasteiger partial charge in [-0.05, 0) is 38.0 Å². The average molecular weight is 315 g/mol. The molecule has 2 amide bonds. The SMILES string of the molecule is Cc1nc(CC(=O)Nc2cccc(C(=O)NC3CC3)c2)cs1. The van der Waals surface area contributed by atoms with Crippen LogP contribution in [-0.2, 0) is 11.2 Å². The van der Waals surface area contributed by atoms with E-state index in [1.54, 1.807) is 24.3 Å². The van der Waals surface area contributed by atoms with Gasteiger partial charge in [-0.2, -0.15) is 0 Å². The van der Waals surface area contributed by atoms with Crippen LogP contribution in [0.25, 0.3) is 0 Å². The Balaban J connectivity index is 1.61. The van der Waals surface area contributed by atoms with E-state index in [0.717, 1.165) is 23.5 Å². The molecule has 6 heteroatoms. The molecule has 1 aromatic carbocycles. The van der Waals surface area contributed by atoms with Crippen LogP contribution in [0.1, 0.15) is 33.9 Å². The molecule has 1 aliphatic rings. The molecule has 0 aliphatic heterocycles. The first-order valence-electron chi connectivity index (χ1n) is 7.22. The van der Waals surface area contributed by atoms with Gasteiger partial charge in [0.05, 0.1) is 17.1 Å². The maximum atomic E-state index is 12.0. The first-order valence-corrected chi connectivity index (χ1v) is 8.10. The number of carbonyl (C=O) groups is 2. The molecular formula is C16H17N3O2S. The number of aryl methyl sites for hydroxylation is 1. The third-order valence-electron chi connectivity index (χ3n) is 3.33. The summed E-state index contributed by atoms with van der Waals surface area (Å²) in [6.45, 7) is 1.91. The molecule has 0 unspecified atom stereocenters. The van der Waals surface area contributed by atoms with Crippen LogP contribution in [-0.4, -0.2) is 22.8 Å². The summed E-state index contributed by atoms with van der Waals surface area (Å²) >= 11 is 1.53. The quantitative estimate of drug-likeness (QED) is 0.890. The van der Waals surface area contributed by atoms with E-state index in [9.17, 15) is 9.59 Å². The Hall–Kier alpha value is -2.21. The highest BCUT2D eigenvalue weighted by atomic mass is 32.1. The lowest BCUT2D eigenvalue weighted by atomic mass is 10.2. The number of anilines is 1. The van der Waals surface area contributed by atoms with Gasteiger partial charge in [-0.1, -0.05) is 6.07 Å². The Morgan fingerprint density at radius 2 is 2.18 bits per heavy atom. The van der Waals surface area contributed by atoms with E-state index >= 15 is 0 Å². The van der Waals surface area contributed by atoms with Crippen molar-refractivity contribution in [1.29, 1.82) is 0 Å². The van der Waals surface area contributed by atoms with Crippen molar-refractivity contribution in [3.8, 4) is 0 Å². The molecule has 2 aromatic rings. The zero-order valence-electron chi connectivity index (χ0n) is 12.3. The Bertz CT molecular complexity index is 707. The van der Waals surface area contributed by atoms with Gasteiger partial charge in [0, 0.05) is 22.7 Å². The third kappa shape index (κ3) is 3.92. The minimum Gasteiger partial charge on any atom is -0.349 e. The van der Waals surface area contributed by atoms with Crippen LogP contribution in [0.15, 0.2) is 29.6 Å². The molecule has 0 saturated heterocycles. The molecule has 2 N–H and O–H groups in total. The number of aromatic nitrogens is 1. The largest absolute Gasteiger partial charge is 0.349 e. The Morgan fingerprint density at radius 3 is 2.86 bits per heavy atom. The lowest BCUT2D eigenvalue weighted by Crippen LogP contribution is -2.25. The molecule has 1 aromatic heterocycles. The molecule has 0 atom stereocenters. The number of thiazole rings is 1. The van der Waals surface area contributed by atoms with E-state index in [4.69, 9.17) is 0 Å². The van der Waals surface area contributed by atoms with Gasteiger partial charge in [-0.25, -0.2) is 4.98 Å². The van der Waals surface area contributed by atoms with Crippen molar-refractivity contribution in [2.75, 3.05) is 5.32 Å². The first-order chi connectivity index (χ1) is 10.6. The summed E-state index contributed by atoms with van der Waals surface area (Å²) in [6, 6.07) is 7.31. The Kier molecular flexibility index (Phi) is 4.20. The molecule has 5 nitrogen and oxygen atoms in total. The van der Waals surface area contributed by atoms with Crippen LogP contribution in [0.5, 0.6) is 0 Å². The molecule has 1 saturated carbocycles. The molecule has 1 fully saturated rings. The summed E-state index contributed by atoms with van der Waals surface area (Å²) in [5.74, 6) is -0.223. The molecule has 1 heterocycles. The predicted molar refractivity (Wildman–Crippen MR) is 86.1 cm³/mol. The first kappa shape index (κ1) is 14.7. The predicted octanol–water partition coefficient (Wildman–Crippen LogP) is 2.52. The summed E-state index contributed by atoms with van der Waals surface area (Å²) in [4.78, 5) is 28.3. The lowest BCUT2D eigenvalue weighted by Gasteiger charge is -2.07. The summed E-state index contributed by atoms with van der Waals surface area (Å²) in [7, 11) is 0. The molecule has 3 rings (SSSR count). The normalized spacial score (nSPS) is 13.7. The number of carbonyl (C=O) groups excluding carboxylic acids is 2. The summed E-state index contributed by atoms with van der Waals surface area (Å²) in [5.41, 5.74) is 1.96. The van der Waals surface area contributed by atoms with Crippen molar-refractivity contribution in [3.63, 3.8) is 0 Å². The number of benzene rings is 1. The van der Waals surface area contributed by atoms with Crippen LogP contribution in [0.4, 0.5) is 5.69 Å². The van der Waals surface area contributed by atoms with Gasteiger partial charge in [0.2, 0.25) is 5.91 Å². The number of nitrogens with one attached hydrogen (secondary N) is 2. The molecule has 0 spiro atoms. The highest BCUT2D eigenvalue weighted by Crippen LogP contribution is 2.20. The summed E-state index contributed by atoms with van der Waals surface area (Å²) < 4.78 is 0. The fourth-order valence-electron chi connectivity index (χ4n) is 2.09. The van der Waals surface area contributed by atoms with Crippen molar-refractivity contribution in [2.45, 2.75) is 32.2 Å². The van der Waals surface area contributed by atoms with E-state index < -0.39 is 0 Å². The smallest absolute Gasteiger partial charge is 0.251 e. The van der Waals surface area contributed by atoms with E-state index in [1.807, 2.05) is 12.3 Å². The second-order valence-electron chi connectivity index (χ2n) is 5.41. The minimum absolute atomic E-state index is 0.0891. The minimum atomic E-state index is -0.134. The Labute approximate surface area is 132 Å². The molecule has 22 heavy (non-hydrogen) atoms. The molecule has 0 radical (unpaired) electrons. The highest BCUT2D eigenvalue weighted by Gasteiger charge is 2.23. The Morgan fingerprint density at radius 1 is 1.36 bits per heavy atom. The molecule has 114 valence electrons. The van der Waals surface area contributed by atoms with E-state index in [0.29, 0.717) is 17.3 Å². The molecular weight excluding hydrogens is 298 g/mol. The van der Waals surface area contributed by atoms with Crippen LogP contribution in [0, 0.1) is 6.92 Å². The van der Waals surface area contributed by atoms with Crippen molar-refractivity contribution in [3.05, 3.63) is 45.9 Å². The fraction of sp³-hybridized carbons (Fsp3) is 0.312. The number of amides is 2. The maximum Gasteiger partial charge on any atom is 0.251 e. The highest BCUT2D eigenvalue weighted by molar-refractivity contribution is 7.09. The zero-order valence-corrected chi connectivity index (χ0v) is 13.1. The van der Waals surface area contributed by atoms with Gasteiger partial charge in [0.15, 0.2) is 0 Å². The van der Waals surface area contributed by atoms with Crippen LogP contribution < -0.4 is 10.6 Å². The molecule has 0 bridgehead atoms. The van der Waals surface area contributed by atoms with Crippen molar-refractivity contribution in [1.82, 2.24) is 10.3 Å².